The van der Waals surface area contributed by atoms with Crippen LogP contribution in [-0.4, -0.2) is 7.11 Å². The lowest BCUT2D eigenvalue weighted by atomic mass is 10.1. The smallest absolute Gasteiger partial charge is 0.163 e. The summed E-state index contributed by atoms with van der Waals surface area (Å²) in [4.78, 5) is 0. The van der Waals surface area contributed by atoms with Crippen molar-refractivity contribution in [1.29, 1.82) is 0 Å². The molecule has 0 bridgehead atoms. The lowest BCUT2D eigenvalue weighted by Gasteiger charge is -2.15. The summed E-state index contributed by atoms with van der Waals surface area (Å²) < 4.78 is 25.1. The molecule has 0 aliphatic heterocycles. The standard InChI is InChI=1S/C22H20Cl2FNO2/c1-14-6-8-16(9-7-14)26-12-15-10-21(27-2)22(11-19(15)24)28-13-17-18(23)4-3-5-20(17)25/h3-11,26H,12-13H2,1-2H3. The lowest BCUT2D eigenvalue weighted by Crippen LogP contribution is -2.04. The molecule has 0 heterocycles. The summed E-state index contributed by atoms with van der Waals surface area (Å²) in [5, 5.41) is 4.16. The van der Waals surface area contributed by atoms with Crippen LogP contribution in [0.1, 0.15) is 16.7 Å². The number of nitrogens with one attached hydrogen (secondary N) is 1. The maximum Gasteiger partial charge on any atom is 0.163 e. The Morgan fingerprint density at radius 2 is 1.71 bits per heavy atom. The van der Waals surface area contributed by atoms with E-state index < -0.39 is 5.82 Å². The molecule has 0 saturated heterocycles. The van der Waals surface area contributed by atoms with Crippen LogP contribution in [0.15, 0.2) is 54.6 Å². The minimum absolute atomic E-state index is 0.0286. The highest BCUT2D eigenvalue weighted by molar-refractivity contribution is 6.31. The highest BCUT2D eigenvalue weighted by Crippen LogP contribution is 2.35. The quantitative estimate of drug-likeness (QED) is 0.465. The first-order valence-corrected chi connectivity index (χ1v) is 9.46. The molecule has 0 spiro atoms. The molecule has 6 heteroatoms. The van der Waals surface area contributed by atoms with Crippen molar-refractivity contribution < 1.29 is 13.9 Å². The number of benzene rings is 3. The number of aryl methyl sites for hydroxylation is 1. The van der Waals surface area contributed by atoms with E-state index in [1.54, 1.807) is 25.3 Å². The third-order valence-corrected chi connectivity index (χ3v) is 5.01. The maximum atomic E-state index is 13.9. The van der Waals surface area contributed by atoms with E-state index in [0.29, 0.717) is 28.1 Å². The number of hydrogen-bond donors (Lipinski definition) is 1. The van der Waals surface area contributed by atoms with Gasteiger partial charge in [0, 0.05) is 28.9 Å². The number of anilines is 1. The first kappa shape index (κ1) is 20.3. The minimum atomic E-state index is -0.420. The van der Waals surface area contributed by atoms with E-state index in [1.165, 1.54) is 11.6 Å². The van der Waals surface area contributed by atoms with Gasteiger partial charge in [0.25, 0.3) is 0 Å². The van der Waals surface area contributed by atoms with E-state index in [9.17, 15) is 4.39 Å². The summed E-state index contributed by atoms with van der Waals surface area (Å²) in [5.41, 5.74) is 3.33. The lowest BCUT2D eigenvalue weighted by molar-refractivity contribution is 0.279. The fourth-order valence-corrected chi connectivity index (χ4v) is 3.11. The van der Waals surface area contributed by atoms with Gasteiger partial charge in [-0.15, -0.1) is 0 Å². The van der Waals surface area contributed by atoms with E-state index in [0.717, 1.165) is 11.3 Å². The zero-order valence-electron chi connectivity index (χ0n) is 15.6. The molecule has 3 aromatic rings. The van der Waals surface area contributed by atoms with E-state index in [-0.39, 0.29) is 12.2 Å². The summed E-state index contributed by atoms with van der Waals surface area (Å²) in [5.74, 6) is 0.514. The second-order valence-electron chi connectivity index (χ2n) is 6.30. The van der Waals surface area contributed by atoms with E-state index >= 15 is 0 Å². The number of methoxy groups -OCH3 is 1. The summed E-state index contributed by atoms with van der Waals surface area (Å²) in [6.45, 7) is 2.54. The topological polar surface area (TPSA) is 30.5 Å². The van der Waals surface area contributed by atoms with Crippen LogP contribution in [0, 0.1) is 12.7 Å². The minimum Gasteiger partial charge on any atom is -0.493 e. The molecule has 28 heavy (non-hydrogen) atoms. The highest BCUT2D eigenvalue weighted by Gasteiger charge is 2.13. The molecule has 0 unspecified atom stereocenters. The van der Waals surface area contributed by atoms with Crippen LogP contribution in [0.25, 0.3) is 0 Å². The van der Waals surface area contributed by atoms with Crippen molar-refractivity contribution in [2.45, 2.75) is 20.1 Å². The van der Waals surface area contributed by atoms with Gasteiger partial charge in [-0.25, -0.2) is 4.39 Å². The van der Waals surface area contributed by atoms with Gasteiger partial charge in [0.05, 0.1) is 12.1 Å². The van der Waals surface area contributed by atoms with Crippen molar-refractivity contribution in [3.63, 3.8) is 0 Å². The molecule has 3 aromatic carbocycles. The van der Waals surface area contributed by atoms with Crippen LogP contribution < -0.4 is 14.8 Å². The van der Waals surface area contributed by atoms with Gasteiger partial charge in [-0.1, -0.05) is 47.0 Å². The number of halogens is 3. The van der Waals surface area contributed by atoms with E-state index in [2.05, 4.69) is 5.32 Å². The number of rotatable bonds is 7. The Labute approximate surface area is 174 Å². The van der Waals surface area contributed by atoms with Gasteiger partial charge < -0.3 is 14.8 Å². The Kier molecular flexibility index (Phi) is 6.65. The molecule has 3 nitrogen and oxygen atoms in total. The highest BCUT2D eigenvalue weighted by atomic mass is 35.5. The van der Waals surface area contributed by atoms with Gasteiger partial charge in [-0.3, -0.25) is 0 Å². The predicted molar refractivity (Wildman–Crippen MR) is 112 cm³/mol. The molecule has 0 aromatic heterocycles. The van der Waals surface area contributed by atoms with Crippen LogP contribution in [0.4, 0.5) is 10.1 Å². The molecule has 0 aliphatic rings. The van der Waals surface area contributed by atoms with Crippen molar-refractivity contribution in [2.24, 2.45) is 0 Å². The van der Waals surface area contributed by atoms with Crippen LogP contribution in [0.5, 0.6) is 11.5 Å². The average molecular weight is 420 g/mol. The van der Waals surface area contributed by atoms with Crippen LogP contribution in [0.3, 0.4) is 0 Å². The Morgan fingerprint density at radius 1 is 0.964 bits per heavy atom. The second kappa shape index (κ2) is 9.18. The van der Waals surface area contributed by atoms with E-state index in [4.69, 9.17) is 32.7 Å². The second-order valence-corrected chi connectivity index (χ2v) is 7.12. The van der Waals surface area contributed by atoms with Gasteiger partial charge in [-0.2, -0.15) is 0 Å². The molecular formula is C22H20Cl2FNO2. The van der Waals surface area contributed by atoms with Crippen molar-refractivity contribution >= 4 is 28.9 Å². The zero-order chi connectivity index (χ0) is 20.1. The fourth-order valence-electron chi connectivity index (χ4n) is 2.67. The monoisotopic (exact) mass is 419 g/mol. The van der Waals surface area contributed by atoms with Gasteiger partial charge >= 0.3 is 0 Å². The van der Waals surface area contributed by atoms with Crippen LogP contribution in [0.2, 0.25) is 10.0 Å². The summed E-state index contributed by atoms with van der Waals surface area (Å²) in [6, 6.07) is 16.1. The molecule has 0 amide bonds. The van der Waals surface area contributed by atoms with Gasteiger partial charge in [0.15, 0.2) is 11.5 Å². The molecule has 0 fully saturated rings. The largest absolute Gasteiger partial charge is 0.493 e. The molecule has 1 N–H and O–H groups in total. The van der Waals surface area contributed by atoms with Gasteiger partial charge in [0.1, 0.15) is 12.4 Å². The van der Waals surface area contributed by atoms with Crippen LogP contribution in [-0.2, 0) is 13.2 Å². The summed E-state index contributed by atoms with van der Waals surface area (Å²) >= 11 is 12.5. The Morgan fingerprint density at radius 3 is 2.39 bits per heavy atom. The SMILES string of the molecule is COc1cc(CNc2ccc(C)cc2)c(Cl)cc1OCc1c(F)cccc1Cl. The van der Waals surface area contributed by atoms with Gasteiger partial charge in [-0.05, 0) is 42.8 Å². The van der Waals surface area contributed by atoms with Crippen molar-refractivity contribution in [3.05, 3.63) is 87.2 Å². The maximum absolute atomic E-state index is 13.9. The van der Waals surface area contributed by atoms with Crippen LogP contribution >= 0.6 is 23.2 Å². The van der Waals surface area contributed by atoms with Crippen molar-refractivity contribution in [2.75, 3.05) is 12.4 Å². The van der Waals surface area contributed by atoms with Crippen molar-refractivity contribution in [1.82, 2.24) is 0 Å². The average Bonchev–Trinajstić information content (AvgIpc) is 2.68. The molecule has 3 rings (SSSR count). The first-order chi connectivity index (χ1) is 13.5. The summed E-state index contributed by atoms with van der Waals surface area (Å²) in [7, 11) is 1.54. The normalized spacial score (nSPS) is 10.6. The molecular weight excluding hydrogens is 400 g/mol. The summed E-state index contributed by atoms with van der Waals surface area (Å²) in [6.07, 6.45) is 0. The Hall–Kier alpha value is -2.43. The molecule has 0 radical (unpaired) electrons. The molecule has 0 saturated carbocycles. The molecule has 146 valence electrons. The zero-order valence-corrected chi connectivity index (χ0v) is 17.1. The third kappa shape index (κ3) is 4.89. The Bertz CT molecular complexity index is 941. The molecule has 0 aliphatic carbocycles. The van der Waals surface area contributed by atoms with Crippen molar-refractivity contribution in [3.8, 4) is 11.5 Å². The van der Waals surface area contributed by atoms with Gasteiger partial charge in [0.2, 0.25) is 0 Å². The first-order valence-electron chi connectivity index (χ1n) is 8.70. The predicted octanol–water partition coefficient (Wildman–Crippen LogP) is 6.64. The number of hydrogen-bond acceptors (Lipinski definition) is 3. The van der Waals surface area contributed by atoms with E-state index in [1.807, 2.05) is 37.3 Å². The Balaban J connectivity index is 1.74. The third-order valence-electron chi connectivity index (χ3n) is 4.30. The molecule has 0 atom stereocenters. The fraction of sp³-hybridized carbons (Fsp3) is 0.182. The number of ether oxygens (including phenoxy) is 2.